The number of carboxylic acids is 1. The van der Waals surface area contributed by atoms with E-state index >= 15 is 0 Å². The number of carbonyl (C=O) groups excluding carboxylic acids is 2. The number of carbonyl (C=O) groups is 3. The lowest BCUT2D eigenvalue weighted by Gasteiger charge is -2.16. The van der Waals surface area contributed by atoms with E-state index in [1.54, 1.807) is 17.0 Å². The van der Waals surface area contributed by atoms with E-state index < -0.39 is 18.0 Å². The Kier molecular flexibility index (Phi) is 6.18. The number of nitrogens with one attached hydrogen (secondary N) is 1. The topological polar surface area (TPSA) is 109 Å². The lowest BCUT2D eigenvalue weighted by molar-refractivity contribution is -0.141. The number of amides is 2. The molecular weight excluding hydrogens is 446 g/mol. The number of rotatable bonds is 6. The Bertz CT molecular complexity index is 1230. The molecule has 8 heteroatoms. The van der Waals surface area contributed by atoms with E-state index in [4.69, 9.17) is 9.84 Å². The van der Waals surface area contributed by atoms with Gasteiger partial charge in [0.1, 0.15) is 6.61 Å². The molecular formula is C27H25N3O5. The van der Waals surface area contributed by atoms with Crippen LogP contribution in [0.5, 0.6) is 0 Å². The summed E-state index contributed by atoms with van der Waals surface area (Å²) in [5, 5.41) is 11.8. The third kappa shape index (κ3) is 4.73. The predicted molar refractivity (Wildman–Crippen MR) is 129 cm³/mol. The molecule has 35 heavy (non-hydrogen) atoms. The highest BCUT2D eigenvalue weighted by Gasteiger charge is 2.31. The van der Waals surface area contributed by atoms with E-state index in [-0.39, 0.29) is 31.4 Å². The molecule has 2 aliphatic rings. The summed E-state index contributed by atoms with van der Waals surface area (Å²) in [6.45, 7) is 0.889. The third-order valence-electron chi connectivity index (χ3n) is 6.64. The van der Waals surface area contributed by atoms with Gasteiger partial charge in [-0.2, -0.15) is 0 Å². The van der Waals surface area contributed by atoms with Crippen molar-refractivity contribution in [3.63, 3.8) is 0 Å². The second-order valence-electron chi connectivity index (χ2n) is 8.83. The van der Waals surface area contributed by atoms with Crippen LogP contribution in [0.25, 0.3) is 11.1 Å². The zero-order valence-electron chi connectivity index (χ0n) is 19.0. The molecule has 1 unspecified atom stereocenters. The molecule has 0 spiro atoms. The van der Waals surface area contributed by atoms with Crippen molar-refractivity contribution in [1.82, 2.24) is 9.88 Å². The van der Waals surface area contributed by atoms with Gasteiger partial charge in [0.15, 0.2) is 0 Å². The number of aromatic nitrogens is 1. The van der Waals surface area contributed by atoms with E-state index in [9.17, 15) is 14.4 Å². The van der Waals surface area contributed by atoms with Crippen molar-refractivity contribution in [2.75, 3.05) is 25.0 Å². The summed E-state index contributed by atoms with van der Waals surface area (Å²) in [6.07, 6.45) is 1.46. The predicted octanol–water partition coefficient (Wildman–Crippen LogP) is 3.92. The van der Waals surface area contributed by atoms with Gasteiger partial charge < -0.3 is 14.7 Å². The van der Waals surface area contributed by atoms with Crippen LogP contribution in [-0.2, 0) is 20.7 Å². The number of hydrogen-bond donors (Lipinski definition) is 2. The van der Waals surface area contributed by atoms with E-state index in [1.807, 2.05) is 24.3 Å². The number of aliphatic carboxylic acids is 1. The molecule has 2 heterocycles. The van der Waals surface area contributed by atoms with Crippen LogP contribution in [0.3, 0.4) is 0 Å². The van der Waals surface area contributed by atoms with Crippen LogP contribution < -0.4 is 5.32 Å². The highest BCUT2D eigenvalue weighted by molar-refractivity contribution is 5.85. The minimum Gasteiger partial charge on any atom is -0.481 e. The van der Waals surface area contributed by atoms with Crippen LogP contribution in [0.15, 0.2) is 66.9 Å². The van der Waals surface area contributed by atoms with Gasteiger partial charge in [0.05, 0.1) is 24.2 Å². The van der Waals surface area contributed by atoms with Gasteiger partial charge >= 0.3 is 12.1 Å². The smallest absolute Gasteiger partial charge is 0.411 e. The summed E-state index contributed by atoms with van der Waals surface area (Å²) in [5.41, 5.74) is 5.63. The second-order valence-corrected chi connectivity index (χ2v) is 8.83. The Morgan fingerprint density at radius 3 is 2.29 bits per heavy atom. The number of carboxylic acid groups (broad SMARTS) is 1. The molecule has 8 nitrogen and oxygen atoms in total. The fraction of sp³-hybridized carbons (Fsp3) is 0.259. The van der Waals surface area contributed by atoms with Crippen LogP contribution in [0.2, 0.25) is 0 Å². The maximum Gasteiger partial charge on any atom is 0.411 e. The fourth-order valence-electron chi connectivity index (χ4n) is 4.81. The Morgan fingerprint density at radius 1 is 1.00 bits per heavy atom. The summed E-state index contributed by atoms with van der Waals surface area (Å²) in [4.78, 5) is 41.8. The largest absolute Gasteiger partial charge is 0.481 e. The monoisotopic (exact) mass is 471 g/mol. The molecule has 1 saturated heterocycles. The van der Waals surface area contributed by atoms with Gasteiger partial charge in [-0.05, 0) is 40.8 Å². The molecule has 2 aromatic carbocycles. The number of anilines is 1. The zero-order valence-corrected chi connectivity index (χ0v) is 19.0. The molecule has 0 bridgehead atoms. The molecule has 1 aromatic heterocycles. The lowest BCUT2D eigenvalue weighted by atomic mass is 9.98. The maximum atomic E-state index is 12.4. The fourth-order valence-corrected chi connectivity index (χ4v) is 4.81. The molecule has 1 atom stereocenters. The van der Waals surface area contributed by atoms with Crippen LogP contribution in [0.4, 0.5) is 10.5 Å². The highest BCUT2D eigenvalue weighted by Crippen LogP contribution is 2.44. The van der Waals surface area contributed by atoms with Crippen LogP contribution >= 0.6 is 0 Å². The Hall–Kier alpha value is -4.20. The van der Waals surface area contributed by atoms with Crippen LogP contribution in [0, 0.1) is 5.92 Å². The summed E-state index contributed by atoms with van der Waals surface area (Å²) in [6, 6.07) is 19.6. The van der Waals surface area contributed by atoms with E-state index in [2.05, 4.69) is 34.6 Å². The summed E-state index contributed by atoms with van der Waals surface area (Å²) >= 11 is 0. The van der Waals surface area contributed by atoms with Crippen molar-refractivity contribution < 1.29 is 24.2 Å². The van der Waals surface area contributed by atoms with Gasteiger partial charge in [0.2, 0.25) is 5.91 Å². The number of pyridine rings is 1. The summed E-state index contributed by atoms with van der Waals surface area (Å²) in [5.74, 6) is -1.55. The first-order valence-electron chi connectivity index (χ1n) is 11.6. The first-order valence-corrected chi connectivity index (χ1v) is 11.6. The van der Waals surface area contributed by atoms with Gasteiger partial charge in [0, 0.05) is 24.7 Å². The quantitative estimate of drug-likeness (QED) is 0.564. The number of benzene rings is 2. The average Bonchev–Trinajstić information content (AvgIpc) is 3.48. The van der Waals surface area contributed by atoms with Crippen molar-refractivity contribution in [2.45, 2.75) is 18.8 Å². The molecule has 0 radical (unpaired) electrons. The standard InChI is InChI=1S/C27H25N3O5/c31-25(30-12-11-17(15-30)26(32)33)13-18-9-10-19(14-28-18)29-27(34)35-16-24-22-7-3-1-5-20(22)21-6-2-4-8-23(21)24/h1-10,14,17,24H,11-13,15-16H2,(H,29,34)(H,32,33). The molecule has 2 N–H and O–H groups in total. The molecule has 1 aliphatic heterocycles. The van der Waals surface area contributed by atoms with Gasteiger partial charge in [-0.25, -0.2) is 4.79 Å². The van der Waals surface area contributed by atoms with Crippen molar-refractivity contribution in [3.05, 3.63) is 83.7 Å². The van der Waals surface area contributed by atoms with Gasteiger partial charge in [-0.15, -0.1) is 0 Å². The van der Waals surface area contributed by atoms with Crippen molar-refractivity contribution >= 4 is 23.7 Å². The number of ether oxygens (including phenoxy) is 1. The molecule has 178 valence electrons. The van der Waals surface area contributed by atoms with Crippen LogP contribution in [-0.4, -0.2) is 52.7 Å². The average molecular weight is 472 g/mol. The van der Waals surface area contributed by atoms with Crippen molar-refractivity contribution in [1.29, 1.82) is 0 Å². The van der Waals surface area contributed by atoms with Crippen molar-refractivity contribution in [3.8, 4) is 11.1 Å². The van der Waals surface area contributed by atoms with Crippen molar-refractivity contribution in [2.24, 2.45) is 5.92 Å². The lowest BCUT2D eigenvalue weighted by Crippen LogP contribution is -2.31. The Balaban J connectivity index is 1.15. The minimum atomic E-state index is -0.873. The normalized spacial score (nSPS) is 16.5. The second kappa shape index (κ2) is 9.58. The molecule has 3 aromatic rings. The molecule has 2 amide bonds. The summed E-state index contributed by atoms with van der Waals surface area (Å²) < 4.78 is 5.55. The zero-order chi connectivity index (χ0) is 24.4. The van der Waals surface area contributed by atoms with E-state index in [0.717, 1.165) is 11.1 Å². The molecule has 0 saturated carbocycles. The van der Waals surface area contributed by atoms with Gasteiger partial charge in [-0.1, -0.05) is 48.5 Å². The van der Waals surface area contributed by atoms with Gasteiger partial charge in [0.25, 0.3) is 0 Å². The number of hydrogen-bond acceptors (Lipinski definition) is 5. The number of likely N-dealkylation sites (tertiary alicyclic amines) is 1. The molecule has 5 rings (SSSR count). The molecule has 1 fully saturated rings. The Labute approximate surface area is 202 Å². The van der Waals surface area contributed by atoms with E-state index in [1.165, 1.54) is 17.3 Å². The SMILES string of the molecule is O=C(Nc1ccc(CC(=O)N2CCC(C(=O)O)C2)nc1)OCC1c2ccccc2-c2ccccc21. The third-order valence-corrected chi connectivity index (χ3v) is 6.64. The first kappa shape index (κ1) is 22.6. The first-order chi connectivity index (χ1) is 17.0. The molecule has 1 aliphatic carbocycles. The maximum absolute atomic E-state index is 12.4. The Morgan fingerprint density at radius 2 is 1.69 bits per heavy atom. The van der Waals surface area contributed by atoms with Crippen LogP contribution in [0.1, 0.15) is 29.2 Å². The number of fused-ring (bicyclic) bond motifs is 3. The number of nitrogens with zero attached hydrogens (tertiary/aromatic N) is 2. The van der Waals surface area contributed by atoms with Gasteiger partial charge in [-0.3, -0.25) is 19.9 Å². The minimum absolute atomic E-state index is 0.0222. The van der Waals surface area contributed by atoms with E-state index in [0.29, 0.717) is 24.3 Å². The summed E-state index contributed by atoms with van der Waals surface area (Å²) in [7, 11) is 0. The highest BCUT2D eigenvalue weighted by atomic mass is 16.5.